The molecule has 3 rings (SSSR count). The summed E-state index contributed by atoms with van der Waals surface area (Å²) in [5, 5.41) is 10.5. The van der Waals surface area contributed by atoms with E-state index in [2.05, 4.69) is 57.1 Å². The summed E-state index contributed by atoms with van der Waals surface area (Å²) in [7, 11) is 3.53. The van der Waals surface area contributed by atoms with E-state index in [1.807, 2.05) is 24.5 Å². The number of anilines is 1. The molecule has 2 N–H and O–H groups in total. The van der Waals surface area contributed by atoms with Crippen molar-refractivity contribution < 1.29 is 4.74 Å². The summed E-state index contributed by atoms with van der Waals surface area (Å²) in [6.07, 6.45) is 2.24. The van der Waals surface area contributed by atoms with Gasteiger partial charge in [0.05, 0.1) is 12.1 Å². The smallest absolute Gasteiger partial charge is 0.191 e. The number of nitrogens with zero attached hydrogens (tertiary/aromatic N) is 2. The minimum absolute atomic E-state index is 0. The first kappa shape index (κ1) is 21.8. The van der Waals surface area contributed by atoms with Crippen molar-refractivity contribution in [2.45, 2.75) is 32.4 Å². The maximum Gasteiger partial charge on any atom is 0.191 e. The summed E-state index contributed by atoms with van der Waals surface area (Å²) >= 11 is 1.82. The Balaban J connectivity index is 0.00000261. The van der Waals surface area contributed by atoms with E-state index in [-0.39, 0.29) is 24.0 Å². The highest BCUT2D eigenvalue weighted by Crippen LogP contribution is 2.24. The van der Waals surface area contributed by atoms with E-state index in [0.29, 0.717) is 6.04 Å². The highest BCUT2D eigenvalue weighted by atomic mass is 127. The molecule has 0 amide bonds. The second-order valence-corrected chi connectivity index (χ2v) is 7.57. The molecule has 2 heterocycles. The van der Waals surface area contributed by atoms with Crippen LogP contribution >= 0.6 is 35.3 Å². The third kappa shape index (κ3) is 6.27. The molecule has 0 spiro atoms. The molecule has 1 aliphatic rings. The van der Waals surface area contributed by atoms with Gasteiger partial charge in [-0.25, -0.2) is 0 Å². The van der Waals surface area contributed by atoms with Crippen LogP contribution in [-0.4, -0.2) is 39.2 Å². The summed E-state index contributed by atoms with van der Waals surface area (Å²) in [5.74, 6) is 1.76. The number of methoxy groups -OCH3 is 1. The SMILES string of the molecule is CN=C(NCc1cc(C)cc(OC)c1)NC1CCN(c2cccs2)CC1.I. The zero-order valence-corrected chi connectivity index (χ0v) is 19.3. The topological polar surface area (TPSA) is 48.9 Å². The van der Waals surface area contributed by atoms with Gasteiger partial charge >= 0.3 is 0 Å². The van der Waals surface area contributed by atoms with Gasteiger partial charge in [-0.05, 0) is 60.5 Å². The van der Waals surface area contributed by atoms with Gasteiger partial charge in [0.25, 0.3) is 0 Å². The number of guanidine groups is 1. The van der Waals surface area contributed by atoms with Gasteiger partial charge in [-0.1, -0.05) is 6.07 Å². The van der Waals surface area contributed by atoms with Crippen LogP contribution in [0.5, 0.6) is 5.75 Å². The molecule has 1 fully saturated rings. The van der Waals surface area contributed by atoms with Gasteiger partial charge in [-0.15, -0.1) is 35.3 Å². The standard InChI is InChI=1S/C20H28N4OS.HI/c1-15-11-16(13-18(12-15)25-3)14-22-20(21-2)23-17-6-8-24(9-7-17)19-5-4-10-26-19;/h4-5,10-13,17H,6-9,14H2,1-3H3,(H2,21,22,23);1H. The van der Waals surface area contributed by atoms with Crippen molar-refractivity contribution >= 4 is 46.3 Å². The molecule has 5 nitrogen and oxygen atoms in total. The molecule has 0 radical (unpaired) electrons. The van der Waals surface area contributed by atoms with Crippen molar-refractivity contribution in [1.29, 1.82) is 0 Å². The summed E-state index contributed by atoms with van der Waals surface area (Å²) < 4.78 is 5.35. The third-order valence-electron chi connectivity index (χ3n) is 4.68. The van der Waals surface area contributed by atoms with Crippen molar-refractivity contribution in [1.82, 2.24) is 10.6 Å². The lowest BCUT2D eigenvalue weighted by Crippen LogP contribution is -2.48. The van der Waals surface area contributed by atoms with Gasteiger partial charge in [0.2, 0.25) is 0 Å². The molecule has 0 bridgehead atoms. The van der Waals surface area contributed by atoms with E-state index in [0.717, 1.165) is 44.2 Å². The fourth-order valence-electron chi connectivity index (χ4n) is 3.31. The molecule has 0 unspecified atom stereocenters. The number of aliphatic imine (C=N–C) groups is 1. The maximum absolute atomic E-state index is 5.35. The van der Waals surface area contributed by atoms with Crippen LogP contribution in [0.4, 0.5) is 5.00 Å². The number of rotatable bonds is 5. The largest absolute Gasteiger partial charge is 0.497 e. The van der Waals surface area contributed by atoms with Gasteiger partial charge in [-0.2, -0.15) is 0 Å². The van der Waals surface area contributed by atoms with Crippen LogP contribution in [0.25, 0.3) is 0 Å². The maximum atomic E-state index is 5.35. The van der Waals surface area contributed by atoms with E-state index in [1.54, 1.807) is 7.11 Å². The Morgan fingerprint density at radius 2 is 2.07 bits per heavy atom. The number of ether oxygens (including phenoxy) is 1. The van der Waals surface area contributed by atoms with Crippen LogP contribution in [0.15, 0.2) is 40.7 Å². The molecule has 148 valence electrons. The Bertz CT molecular complexity index is 728. The molecular formula is C20H29IN4OS. The highest BCUT2D eigenvalue weighted by molar-refractivity contribution is 14.0. The fraction of sp³-hybridized carbons (Fsp3) is 0.450. The second kappa shape index (κ2) is 10.8. The molecule has 1 aromatic heterocycles. The molecule has 0 atom stereocenters. The van der Waals surface area contributed by atoms with Crippen LogP contribution < -0.4 is 20.3 Å². The van der Waals surface area contributed by atoms with Gasteiger partial charge < -0.3 is 20.3 Å². The predicted molar refractivity (Wildman–Crippen MR) is 126 cm³/mol. The van der Waals surface area contributed by atoms with Crippen molar-refractivity contribution in [3.05, 3.63) is 46.8 Å². The Hall–Kier alpha value is -1.48. The van der Waals surface area contributed by atoms with Crippen LogP contribution in [0.3, 0.4) is 0 Å². The van der Waals surface area contributed by atoms with Gasteiger partial charge in [0.1, 0.15) is 5.75 Å². The highest BCUT2D eigenvalue weighted by Gasteiger charge is 2.20. The molecule has 2 aromatic rings. The van der Waals surface area contributed by atoms with Gasteiger partial charge in [0, 0.05) is 32.7 Å². The van der Waals surface area contributed by atoms with Crippen molar-refractivity contribution in [3.63, 3.8) is 0 Å². The van der Waals surface area contributed by atoms with Crippen molar-refractivity contribution in [2.75, 3.05) is 32.1 Å². The van der Waals surface area contributed by atoms with Crippen LogP contribution in [0.2, 0.25) is 0 Å². The lowest BCUT2D eigenvalue weighted by molar-refractivity contribution is 0.414. The minimum atomic E-state index is 0. The van der Waals surface area contributed by atoms with Gasteiger partial charge in [-0.3, -0.25) is 4.99 Å². The van der Waals surface area contributed by atoms with Crippen LogP contribution in [0, 0.1) is 6.92 Å². The van der Waals surface area contributed by atoms with E-state index in [4.69, 9.17) is 4.74 Å². The summed E-state index contributed by atoms with van der Waals surface area (Å²) in [6, 6.07) is 11.1. The molecular weight excluding hydrogens is 471 g/mol. The number of halogens is 1. The zero-order chi connectivity index (χ0) is 18.4. The Labute approximate surface area is 183 Å². The average Bonchev–Trinajstić information content (AvgIpc) is 3.20. The van der Waals surface area contributed by atoms with Gasteiger partial charge in [0.15, 0.2) is 5.96 Å². The zero-order valence-electron chi connectivity index (χ0n) is 16.2. The summed E-state index contributed by atoms with van der Waals surface area (Å²) in [5.41, 5.74) is 2.39. The molecule has 27 heavy (non-hydrogen) atoms. The molecule has 0 aliphatic carbocycles. The Morgan fingerprint density at radius 3 is 2.70 bits per heavy atom. The van der Waals surface area contributed by atoms with E-state index < -0.39 is 0 Å². The predicted octanol–water partition coefficient (Wildman–Crippen LogP) is 4.02. The lowest BCUT2D eigenvalue weighted by Gasteiger charge is -2.33. The molecule has 1 aromatic carbocycles. The molecule has 1 saturated heterocycles. The van der Waals surface area contributed by atoms with Crippen molar-refractivity contribution in [3.8, 4) is 5.75 Å². The quantitative estimate of drug-likeness (QED) is 0.370. The number of piperidine rings is 1. The first-order chi connectivity index (χ1) is 12.7. The average molecular weight is 500 g/mol. The lowest BCUT2D eigenvalue weighted by atomic mass is 10.1. The Morgan fingerprint density at radius 1 is 1.30 bits per heavy atom. The molecule has 1 aliphatic heterocycles. The van der Waals surface area contributed by atoms with Crippen molar-refractivity contribution in [2.24, 2.45) is 4.99 Å². The van der Waals surface area contributed by atoms with Crippen LogP contribution in [0.1, 0.15) is 24.0 Å². The second-order valence-electron chi connectivity index (χ2n) is 6.64. The first-order valence-electron chi connectivity index (χ1n) is 9.08. The van der Waals surface area contributed by atoms with E-state index in [1.165, 1.54) is 16.1 Å². The third-order valence-corrected chi connectivity index (χ3v) is 5.61. The fourth-order valence-corrected chi connectivity index (χ4v) is 4.10. The number of nitrogens with one attached hydrogen (secondary N) is 2. The van der Waals surface area contributed by atoms with E-state index >= 15 is 0 Å². The molecule has 0 saturated carbocycles. The number of thiophene rings is 1. The number of hydrogen-bond donors (Lipinski definition) is 2. The monoisotopic (exact) mass is 500 g/mol. The summed E-state index contributed by atoms with van der Waals surface area (Å²) in [6.45, 7) is 4.99. The Kier molecular flexibility index (Phi) is 8.69. The minimum Gasteiger partial charge on any atom is -0.497 e. The number of benzene rings is 1. The first-order valence-corrected chi connectivity index (χ1v) is 9.96. The van der Waals surface area contributed by atoms with Crippen LogP contribution in [-0.2, 0) is 6.54 Å². The van der Waals surface area contributed by atoms with E-state index in [9.17, 15) is 0 Å². The number of aryl methyl sites for hydroxylation is 1. The molecule has 7 heteroatoms. The summed E-state index contributed by atoms with van der Waals surface area (Å²) in [4.78, 5) is 6.85. The number of hydrogen-bond acceptors (Lipinski definition) is 4. The normalized spacial score (nSPS) is 15.2.